The first-order valence-electron chi connectivity index (χ1n) is 7.38. The molecule has 2 aliphatic heterocycles. The van der Waals surface area contributed by atoms with Gasteiger partial charge in [-0.05, 0) is 38.6 Å². The minimum Gasteiger partial charge on any atom is -0.375 e. The van der Waals surface area contributed by atoms with E-state index in [1.807, 2.05) is 0 Å². The molecule has 1 saturated heterocycles. The summed E-state index contributed by atoms with van der Waals surface area (Å²) in [6, 6.07) is 6.79. The van der Waals surface area contributed by atoms with Gasteiger partial charge in [0, 0.05) is 30.4 Å². The van der Waals surface area contributed by atoms with Crippen LogP contribution in [0.5, 0.6) is 0 Å². The molecule has 1 aromatic carbocycles. The number of likely N-dealkylation sites (tertiary alicyclic amines) is 1. The molecule has 0 radical (unpaired) electrons. The third-order valence-electron chi connectivity index (χ3n) is 4.27. The maximum atomic E-state index is 5.71. The minimum absolute atomic E-state index is 0.412. The molecule has 20 heavy (non-hydrogen) atoms. The van der Waals surface area contributed by atoms with Gasteiger partial charge < -0.3 is 9.64 Å². The first kappa shape index (κ1) is 13.5. The molecule has 1 atom stereocenters. The topological polar surface area (TPSA) is 15.7 Å². The summed E-state index contributed by atoms with van der Waals surface area (Å²) in [5.41, 5.74) is 3.62. The zero-order valence-electron chi connectivity index (χ0n) is 12.4. The van der Waals surface area contributed by atoms with E-state index < -0.39 is 0 Å². The maximum Gasteiger partial charge on any atom is 0.0750 e. The van der Waals surface area contributed by atoms with Crippen LogP contribution in [-0.2, 0) is 11.3 Å². The fourth-order valence-corrected chi connectivity index (χ4v) is 2.95. The van der Waals surface area contributed by atoms with E-state index in [0.29, 0.717) is 12.6 Å². The lowest BCUT2D eigenvalue weighted by atomic mass is 10.0. The van der Waals surface area contributed by atoms with Crippen molar-refractivity contribution >= 4 is 5.69 Å². The second kappa shape index (κ2) is 5.87. The van der Waals surface area contributed by atoms with Crippen molar-refractivity contribution in [3.05, 3.63) is 29.3 Å². The highest BCUT2D eigenvalue weighted by atomic mass is 16.5. The van der Waals surface area contributed by atoms with E-state index >= 15 is 0 Å². The molecule has 0 saturated carbocycles. The van der Waals surface area contributed by atoms with Crippen LogP contribution in [0, 0.1) is 11.8 Å². The number of hydrogen-bond acceptors (Lipinski definition) is 3. The zero-order chi connectivity index (χ0) is 13.9. The SMILES string of the molecule is CN1CCOCc2c(C#CC3CCCN3C)cccc21. The van der Waals surface area contributed by atoms with Gasteiger partial charge in [-0.1, -0.05) is 17.9 Å². The summed E-state index contributed by atoms with van der Waals surface area (Å²) in [6.45, 7) is 3.56. The Labute approximate surface area is 121 Å². The van der Waals surface area contributed by atoms with E-state index in [4.69, 9.17) is 4.74 Å². The predicted octanol–water partition coefficient (Wildman–Crippen LogP) is 2.10. The monoisotopic (exact) mass is 270 g/mol. The highest BCUT2D eigenvalue weighted by molar-refractivity contribution is 5.60. The van der Waals surface area contributed by atoms with E-state index in [2.05, 4.69) is 53.9 Å². The summed E-state index contributed by atoms with van der Waals surface area (Å²) in [5.74, 6) is 6.83. The smallest absolute Gasteiger partial charge is 0.0750 e. The lowest BCUT2D eigenvalue weighted by molar-refractivity contribution is 0.132. The molecule has 106 valence electrons. The number of ether oxygens (including phenoxy) is 1. The van der Waals surface area contributed by atoms with E-state index in [1.54, 1.807) is 0 Å². The number of rotatable bonds is 0. The van der Waals surface area contributed by atoms with Crippen LogP contribution in [-0.4, -0.2) is 44.7 Å². The molecule has 3 nitrogen and oxygen atoms in total. The van der Waals surface area contributed by atoms with Crippen LogP contribution >= 0.6 is 0 Å². The number of likely N-dealkylation sites (N-methyl/N-ethyl adjacent to an activating group) is 1. The lowest BCUT2D eigenvalue weighted by Crippen LogP contribution is -2.23. The first-order valence-corrected chi connectivity index (χ1v) is 7.38. The Balaban J connectivity index is 1.91. The molecule has 0 aliphatic carbocycles. The van der Waals surface area contributed by atoms with Gasteiger partial charge in [0.25, 0.3) is 0 Å². The van der Waals surface area contributed by atoms with Crippen molar-refractivity contribution in [2.45, 2.75) is 25.5 Å². The van der Waals surface area contributed by atoms with Crippen molar-refractivity contribution in [1.29, 1.82) is 0 Å². The van der Waals surface area contributed by atoms with Gasteiger partial charge in [-0.2, -0.15) is 0 Å². The van der Waals surface area contributed by atoms with Crippen LogP contribution in [0.1, 0.15) is 24.0 Å². The van der Waals surface area contributed by atoms with Crippen LogP contribution in [0.25, 0.3) is 0 Å². The normalized spacial score (nSPS) is 22.9. The fraction of sp³-hybridized carbons (Fsp3) is 0.529. The molecule has 3 rings (SSSR count). The Bertz CT molecular complexity index is 544. The molecule has 1 fully saturated rings. The van der Waals surface area contributed by atoms with Gasteiger partial charge in [0.15, 0.2) is 0 Å². The number of hydrogen-bond donors (Lipinski definition) is 0. The maximum absolute atomic E-state index is 5.71. The number of anilines is 1. The summed E-state index contributed by atoms with van der Waals surface area (Å²) in [7, 11) is 4.28. The molecule has 0 amide bonds. The van der Waals surface area contributed by atoms with Gasteiger partial charge in [-0.3, -0.25) is 4.90 Å². The third-order valence-corrected chi connectivity index (χ3v) is 4.27. The highest BCUT2D eigenvalue weighted by Gasteiger charge is 2.19. The van der Waals surface area contributed by atoms with E-state index in [-0.39, 0.29) is 0 Å². The summed E-state index contributed by atoms with van der Waals surface area (Å²) < 4.78 is 5.71. The molecule has 1 unspecified atom stereocenters. The van der Waals surface area contributed by atoms with Crippen LogP contribution in [0.2, 0.25) is 0 Å². The quantitative estimate of drug-likeness (QED) is 0.672. The van der Waals surface area contributed by atoms with Gasteiger partial charge in [0.2, 0.25) is 0 Å². The van der Waals surface area contributed by atoms with Crippen molar-refractivity contribution in [2.24, 2.45) is 0 Å². The van der Waals surface area contributed by atoms with E-state index in [9.17, 15) is 0 Å². The number of nitrogens with zero attached hydrogens (tertiary/aromatic N) is 2. The van der Waals surface area contributed by atoms with Crippen LogP contribution in [0.15, 0.2) is 18.2 Å². The van der Waals surface area contributed by atoms with Crippen molar-refractivity contribution in [2.75, 3.05) is 38.7 Å². The van der Waals surface area contributed by atoms with Crippen LogP contribution in [0.4, 0.5) is 5.69 Å². The first-order chi connectivity index (χ1) is 9.75. The second-order valence-corrected chi connectivity index (χ2v) is 5.69. The van der Waals surface area contributed by atoms with Crippen molar-refractivity contribution < 1.29 is 4.74 Å². The third kappa shape index (κ3) is 2.67. The molecule has 2 heterocycles. The Morgan fingerprint density at radius 2 is 2.15 bits per heavy atom. The van der Waals surface area contributed by atoms with Gasteiger partial charge in [-0.25, -0.2) is 0 Å². The summed E-state index contributed by atoms with van der Waals surface area (Å²) in [5, 5.41) is 0. The lowest BCUT2D eigenvalue weighted by Gasteiger charge is -2.19. The Kier molecular flexibility index (Phi) is 3.95. The molecule has 3 heteroatoms. The zero-order valence-corrected chi connectivity index (χ0v) is 12.4. The van der Waals surface area contributed by atoms with Crippen LogP contribution < -0.4 is 4.90 Å². The Morgan fingerprint density at radius 1 is 1.25 bits per heavy atom. The van der Waals surface area contributed by atoms with Gasteiger partial charge in [0.05, 0.1) is 19.3 Å². The second-order valence-electron chi connectivity index (χ2n) is 5.69. The Hall–Kier alpha value is -1.50. The summed E-state index contributed by atoms with van der Waals surface area (Å²) in [4.78, 5) is 4.60. The molecule has 1 aromatic rings. The molecular formula is C17H22N2O. The highest BCUT2D eigenvalue weighted by Crippen LogP contribution is 2.26. The van der Waals surface area contributed by atoms with E-state index in [0.717, 1.165) is 25.3 Å². The molecule has 0 bridgehead atoms. The standard InChI is InChI=1S/C17H22N2O/c1-18-10-4-6-15(18)9-8-14-5-3-7-17-16(14)13-20-12-11-19(17)2/h3,5,7,15H,4,6,10-13H2,1-2H3. The van der Waals surface area contributed by atoms with Gasteiger partial charge in [-0.15, -0.1) is 0 Å². The molecular weight excluding hydrogens is 248 g/mol. The van der Waals surface area contributed by atoms with Crippen molar-refractivity contribution in [3.8, 4) is 11.8 Å². The molecule has 0 aromatic heterocycles. The van der Waals surface area contributed by atoms with Gasteiger partial charge in [0.1, 0.15) is 0 Å². The molecule has 0 N–H and O–H groups in total. The molecule has 0 spiro atoms. The average molecular weight is 270 g/mol. The van der Waals surface area contributed by atoms with E-state index in [1.165, 1.54) is 24.1 Å². The average Bonchev–Trinajstić information content (AvgIpc) is 2.76. The van der Waals surface area contributed by atoms with Crippen LogP contribution in [0.3, 0.4) is 0 Å². The van der Waals surface area contributed by atoms with Gasteiger partial charge >= 0.3 is 0 Å². The fourth-order valence-electron chi connectivity index (χ4n) is 2.95. The number of benzene rings is 1. The molecule has 2 aliphatic rings. The van der Waals surface area contributed by atoms with Crippen molar-refractivity contribution in [1.82, 2.24) is 4.90 Å². The summed E-state index contributed by atoms with van der Waals surface area (Å²) in [6.07, 6.45) is 2.45. The van der Waals surface area contributed by atoms with Crippen molar-refractivity contribution in [3.63, 3.8) is 0 Å². The minimum atomic E-state index is 0.412. The predicted molar refractivity (Wildman–Crippen MR) is 81.9 cm³/mol. The Morgan fingerprint density at radius 3 is 2.95 bits per heavy atom. The number of fused-ring (bicyclic) bond motifs is 1. The summed E-state index contributed by atoms with van der Waals surface area (Å²) >= 11 is 0. The largest absolute Gasteiger partial charge is 0.375 e.